The molecule has 100 valence electrons. The number of hydrogen-bond acceptors (Lipinski definition) is 2. The van der Waals surface area contributed by atoms with E-state index in [4.69, 9.17) is 0 Å². The first-order valence-corrected chi connectivity index (χ1v) is 7.04. The molecule has 1 atom stereocenters. The van der Waals surface area contributed by atoms with E-state index in [-0.39, 0.29) is 0 Å². The number of aromatic nitrogens is 1. The molecule has 19 heavy (non-hydrogen) atoms. The van der Waals surface area contributed by atoms with Gasteiger partial charge in [-0.3, -0.25) is 4.98 Å². The average Bonchev–Trinajstić information content (AvgIpc) is 2.49. The van der Waals surface area contributed by atoms with Crippen molar-refractivity contribution in [3.8, 4) is 0 Å². The Morgan fingerprint density at radius 3 is 2.58 bits per heavy atom. The predicted octanol–water partition coefficient (Wildman–Crippen LogP) is 4.45. The summed E-state index contributed by atoms with van der Waals surface area (Å²) in [5.74, 6) is 0.379. The number of hydrogen-bond donors (Lipinski definition) is 1. The molecule has 0 aliphatic rings. The van der Waals surface area contributed by atoms with Crippen molar-refractivity contribution in [3.63, 3.8) is 0 Å². The van der Waals surface area contributed by atoms with Crippen molar-refractivity contribution in [1.29, 1.82) is 0 Å². The second-order valence-corrected chi connectivity index (χ2v) is 4.79. The topological polar surface area (TPSA) is 24.9 Å². The van der Waals surface area contributed by atoms with Crippen molar-refractivity contribution in [2.75, 3.05) is 12.4 Å². The van der Waals surface area contributed by atoms with Gasteiger partial charge in [-0.15, -0.1) is 0 Å². The van der Waals surface area contributed by atoms with E-state index >= 15 is 0 Å². The Kier molecular flexibility index (Phi) is 4.96. The number of pyridine rings is 1. The van der Waals surface area contributed by atoms with Gasteiger partial charge in [0.25, 0.3) is 0 Å². The lowest BCUT2D eigenvalue weighted by molar-refractivity contribution is 0.639. The van der Waals surface area contributed by atoms with Crippen LogP contribution in [0.1, 0.15) is 43.4 Å². The highest BCUT2D eigenvalue weighted by atomic mass is 14.9. The minimum absolute atomic E-state index is 0.379. The molecule has 0 amide bonds. The van der Waals surface area contributed by atoms with Gasteiger partial charge in [0, 0.05) is 19.2 Å². The van der Waals surface area contributed by atoms with Crippen LogP contribution in [-0.2, 0) is 0 Å². The third-order valence-corrected chi connectivity index (χ3v) is 3.49. The molecule has 0 saturated heterocycles. The highest BCUT2D eigenvalue weighted by Crippen LogP contribution is 2.32. The molecule has 0 aliphatic heterocycles. The van der Waals surface area contributed by atoms with Gasteiger partial charge >= 0.3 is 0 Å². The molecule has 0 aliphatic carbocycles. The number of benzene rings is 1. The van der Waals surface area contributed by atoms with Gasteiger partial charge in [0.1, 0.15) is 0 Å². The van der Waals surface area contributed by atoms with E-state index in [2.05, 4.69) is 53.6 Å². The maximum atomic E-state index is 4.62. The highest BCUT2D eigenvalue weighted by Gasteiger charge is 2.17. The lowest BCUT2D eigenvalue weighted by Gasteiger charge is -2.19. The fraction of sp³-hybridized carbons (Fsp3) is 0.353. The quantitative estimate of drug-likeness (QED) is 0.824. The molecule has 1 heterocycles. The molecule has 2 heteroatoms. The van der Waals surface area contributed by atoms with E-state index in [9.17, 15) is 0 Å². The van der Waals surface area contributed by atoms with Gasteiger partial charge < -0.3 is 5.32 Å². The van der Waals surface area contributed by atoms with Crippen LogP contribution in [0.4, 0.5) is 5.69 Å². The van der Waals surface area contributed by atoms with E-state index in [0.717, 1.165) is 17.8 Å². The molecule has 0 bridgehead atoms. The average molecular weight is 254 g/mol. The van der Waals surface area contributed by atoms with Crippen LogP contribution in [0.2, 0.25) is 0 Å². The molecular weight excluding hydrogens is 232 g/mol. The SMILES string of the molecule is CCCCC(c1ccccc1)c1ncccc1NC. The normalized spacial score (nSPS) is 12.1. The zero-order chi connectivity index (χ0) is 13.5. The Morgan fingerprint density at radius 2 is 1.89 bits per heavy atom. The summed E-state index contributed by atoms with van der Waals surface area (Å²) in [6.07, 6.45) is 5.47. The summed E-state index contributed by atoms with van der Waals surface area (Å²) in [5.41, 5.74) is 3.64. The van der Waals surface area contributed by atoms with Crippen molar-refractivity contribution >= 4 is 5.69 Å². The van der Waals surface area contributed by atoms with Gasteiger partial charge in [0.05, 0.1) is 11.4 Å². The Labute approximate surface area is 115 Å². The smallest absolute Gasteiger partial charge is 0.0709 e. The highest BCUT2D eigenvalue weighted by molar-refractivity contribution is 5.51. The lowest BCUT2D eigenvalue weighted by atomic mass is 9.89. The second kappa shape index (κ2) is 6.93. The van der Waals surface area contributed by atoms with Gasteiger partial charge in [-0.2, -0.15) is 0 Å². The molecule has 1 aromatic heterocycles. The molecule has 0 fully saturated rings. The van der Waals surface area contributed by atoms with Crippen molar-refractivity contribution in [2.45, 2.75) is 32.1 Å². The monoisotopic (exact) mass is 254 g/mol. The summed E-state index contributed by atoms with van der Waals surface area (Å²) in [4.78, 5) is 4.62. The van der Waals surface area contributed by atoms with Crippen molar-refractivity contribution < 1.29 is 0 Å². The predicted molar refractivity (Wildman–Crippen MR) is 81.6 cm³/mol. The van der Waals surface area contributed by atoms with Crippen LogP contribution >= 0.6 is 0 Å². The molecule has 1 N–H and O–H groups in total. The molecule has 2 nitrogen and oxygen atoms in total. The third-order valence-electron chi connectivity index (χ3n) is 3.49. The molecule has 2 rings (SSSR count). The van der Waals surface area contributed by atoms with Crippen LogP contribution in [0, 0.1) is 0 Å². The fourth-order valence-corrected chi connectivity index (χ4v) is 2.46. The first kappa shape index (κ1) is 13.6. The third kappa shape index (κ3) is 3.34. The number of nitrogens with one attached hydrogen (secondary N) is 1. The summed E-state index contributed by atoms with van der Waals surface area (Å²) < 4.78 is 0. The largest absolute Gasteiger partial charge is 0.387 e. The number of rotatable bonds is 6. The van der Waals surface area contributed by atoms with Crippen LogP contribution in [0.3, 0.4) is 0 Å². The van der Waals surface area contributed by atoms with Gasteiger partial charge in [-0.05, 0) is 24.1 Å². The maximum Gasteiger partial charge on any atom is 0.0709 e. The van der Waals surface area contributed by atoms with Crippen LogP contribution in [-0.4, -0.2) is 12.0 Å². The number of anilines is 1. The molecule has 2 aromatic rings. The maximum absolute atomic E-state index is 4.62. The summed E-state index contributed by atoms with van der Waals surface area (Å²) >= 11 is 0. The molecule has 0 saturated carbocycles. The van der Waals surface area contributed by atoms with Crippen molar-refractivity contribution in [2.24, 2.45) is 0 Å². The minimum atomic E-state index is 0.379. The Hall–Kier alpha value is -1.83. The molecule has 1 aromatic carbocycles. The zero-order valence-electron chi connectivity index (χ0n) is 11.8. The van der Waals surface area contributed by atoms with Crippen LogP contribution in [0.25, 0.3) is 0 Å². The fourth-order valence-electron chi connectivity index (χ4n) is 2.46. The molecule has 0 spiro atoms. The van der Waals surface area contributed by atoms with E-state index in [1.54, 1.807) is 0 Å². The standard InChI is InChI=1S/C17H22N2/c1-3-4-11-15(14-9-6-5-7-10-14)17-16(18-2)12-8-13-19-17/h5-10,12-13,15,18H,3-4,11H2,1-2H3. The Morgan fingerprint density at radius 1 is 1.11 bits per heavy atom. The second-order valence-electron chi connectivity index (χ2n) is 4.79. The molecule has 0 radical (unpaired) electrons. The van der Waals surface area contributed by atoms with Crippen LogP contribution in [0.15, 0.2) is 48.7 Å². The van der Waals surface area contributed by atoms with E-state index in [1.165, 1.54) is 18.4 Å². The van der Waals surface area contributed by atoms with Gasteiger partial charge in [0.15, 0.2) is 0 Å². The van der Waals surface area contributed by atoms with Gasteiger partial charge in [-0.1, -0.05) is 50.1 Å². The number of nitrogens with zero attached hydrogens (tertiary/aromatic N) is 1. The summed E-state index contributed by atoms with van der Waals surface area (Å²) in [6, 6.07) is 14.8. The lowest BCUT2D eigenvalue weighted by Crippen LogP contribution is -2.07. The summed E-state index contributed by atoms with van der Waals surface area (Å²) in [5, 5.41) is 3.26. The van der Waals surface area contributed by atoms with Gasteiger partial charge in [0.2, 0.25) is 0 Å². The van der Waals surface area contributed by atoms with Gasteiger partial charge in [-0.25, -0.2) is 0 Å². The number of unbranched alkanes of at least 4 members (excludes halogenated alkanes) is 1. The Bertz CT molecular complexity index is 494. The zero-order valence-corrected chi connectivity index (χ0v) is 11.8. The summed E-state index contributed by atoms with van der Waals surface area (Å²) in [6.45, 7) is 2.24. The molecular formula is C17H22N2. The molecule has 1 unspecified atom stereocenters. The van der Waals surface area contributed by atoms with Crippen molar-refractivity contribution in [1.82, 2.24) is 4.98 Å². The van der Waals surface area contributed by atoms with Crippen molar-refractivity contribution in [3.05, 3.63) is 59.9 Å². The van der Waals surface area contributed by atoms with E-state index < -0.39 is 0 Å². The minimum Gasteiger partial charge on any atom is -0.387 e. The first-order chi connectivity index (χ1) is 9.36. The first-order valence-electron chi connectivity index (χ1n) is 7.04. The van der Waals surface area contributed by atoms with Crippen LogP contribution < -0.4 is 5.32 Å². The Balaban J connectivity index is 2.37. The summed E-state index contributed by atoms with van der Waals surface area (Å²) in [7, 11) is 1.96. The van der Waals surface area contributed by atoms with Crippen LogP contribution in [0.5, 0.6) is 0 Å². The van der Waals surface area contributed by atoms with E-state index in [0.29, 0.717) is 5.92 Å². The van der Waals surface area contributed by atoms with E-state index in [1.807, 2.05) is 19.3 Å².